The van der Waals surface area contributed by atoms with Crippen molar-refractivity contribution in [1.29, 1.82) is 0 Å². The number of halogens is 18. The molecule has 0 rings (SSSR count). The van der Waals surface area contributed by atoms with Gasteiger partial charge in [0.15, 0.2) is 0 Å². The fourth-order valence-electron chi connectivity index (χ4n) is 1.48. The van der Waals surface area contributed by atoms with Gasteiger partial charge in [0.25, 0.3) is 0 Å². The van der Waals surface area contributed by atoms with E-state index in [1.54, 1.807) is 0 Å². The molecule has 0 aromatic heterocycles. The molecule has 0 amide bonds. The molecule has 0 aliphatic rings. The summed E-state index contributed by atoms with van der Waals surface area (Å²) in [5, 5.41) is 0. The molecule has 0 heterocycles. The fraction of sp³-hybridized carbons (Fsp3) is 1.00. The maximum absolute atomic E-state index is 12.8. The monoisotopic (exact) mass is 636 g/mol. The number of rotatable bonds is 6. The Balaban J connectivity index is 6.59. The third-order valence-corrected chi connectivity index (χ3v) is 7.81. The van der Waals surface area contributed by atoms with Gasteiger partial charge in [-0.1, -0.05) is 0 Å². The van der Waals surface area contributed by atoms with Crippen LogP contribution in [0.1, 0.15) is 6.92 Å². The van der Waals surface area contributed by atoms with Crippen LogP contribution < -0.4 is 0 Å². The molecule has 0 N–H and O–H groups in total. The van der Waals surface area contributed by atoms with Crippen LogP contribution >= 0.6 is 0 Å². The fourth-order valence-corrected chi connectivity index (χ4v) is 6.87. The van der Waals surface area contributed by atoms with Gasteiger partial charge in [-0.25, -0.2) is 0 Å². The van der Waals surface area contributed by atoms with Crippen LogP contribution in [0.25, 0.3) is 0 Å². The Kier molecular flexibility index (Phi) is 9.06. The second kappa shape index (κ2) is 9.23. The van der Waals surface area contributed by atoms with Gasteiger partial charge in [-0.15, -0.1) is 0 Å². The van der Waals surface area contributed by atoms with Crippen molar-refractivity contribution in [3.8, 4) is 0 Å². The molecule has 3 nitrogen and oxygen atoms in total. The van der Waals surface area contributed by atoms with E-state index in [4.69, 9.17) is 0 Å². The van der Waals surface area contributed by atoms with Crippen LogP contribution in [0.2, 0.25) is 0 Å². The predicted molar refractivity (Wildman–Crippen MR) is 62.7 cm³/mol. The standard InChI is InChI=1S/C4H3F6O.2C3HF6O.Sn.H/c1-2(11,3(5,6)7)4(8,9)10;2*4-2(5,6)1(10)3(7,8)9;;/h1H3;2*1H;;/q3*-1;+3;. The third kappa shape index (κ3) is 8.02. The Hall–Kier alpha value is -0.581. The quantitative estimate of drug-likeness (QED) is 0.281. The van der Waals surface area contributed by atoms with Gasteiger partial charge in [-0.3, -0.25) is 0 Å². The van der Waals surface area contributed by atoms with E-state index in [2.05, 4.69) is 9.22 Å². The number of hydrogen-bond acceptors (Lipinski definition) is 3. The summed E-state index contributed by atoms with van der Waals surface area (Å²) in [5.41, 5.74) is -5.86. The molecule has 0 aliphatic carbocycles. The molecular weight excluding hydrogens is 629 g/mol. The van der Waals surface area contributed by atoms with E-state index in [0.29, 0.717) is 0 Å². The van der Waals surface area contributed by atoms with Crippen LogP contribution in [-0.2, 0) is 9.22 Å². The van der Waals surface area contributed by atoms with Gasteiger partial charge in [0.2, 0.25) is 0 Å². The van der Waals surface area contributed by atoms with E-state index in [0.717, 1.165) is 0 Å². The summed E-state index contributed by atoms with van der Waals surface area (Å²) in [7, 11) is 0. The van der Waals surface area contributed by atoms with Crippen molar-refractivity contribution >= 4 is 21.0 Å². The van der Waals surface area contributed by atoms with E-state index in [1.807, 2.05) is 0 Å². The molecule has 0 radical (unpaired) electrons. The summed E-state index contributed by atoms with van der Waals surface area (Å²) in [6, 6.07) is 0. The van der Waals surface area contributed by atoms with Crippen LogP contribution in [0.3, 0.4) is 0 Å². The summed E-state index contributed by atoms with van der Waals surface area (Å²) >= 11 is -7.82. The Morgan fingerprint density at radius 3 is 0.844 bits per heavy atom. The topological polar surface area (TPSA) is 27.7 Å². The molecule has 0 saturated carbocycles. The first-order chi connectivity index (χ1) is 13.5. The van der Waals surface area contributed by atoms with Crippen molar-refractivity contribution in [1.82, 2.24) is 0 Å². The predicted octanol–water partition coefficient (Wildman–Crippen LogP) is 5.62. The van der Waals surface area contributed by atoms with Gasteiger partial charge in [0.05, 0.1) is 0 Å². The second-order valence-corrected chi connectivity index (χ2v) is 9.51. The Morgan fingerprint density at radius 1 is 0.469 bits per heavy atom. The van der Waals surface area contributed by atoms with Crippen LogP contribution in [-0.4, -0.2) is 75.9 Å². The molecule has 22 heteroatoms. The van der Waals surface area contributed by atoms with Crippen molar-refractivity contribution < 1.29 is 88.2 Å². The zero-order chi connectivity index (χ0) is 26.4. The van der Waals surface area contributed by atoms with Crippen LogP contribution in [0.15, 0.2) is 0 Å². The molecule has 0 aromatic rings. The molecule has 0 aromatic carbocycles. The zero-order valence-electron chi connectivity index (χ0n) is 14.3. The molecule has 0 bridgehead atoms. The molecule has 0 aliphatic heterocycles. The average molecular weight is 635 g/mol. The molecular formula is C10H6F18O3Sn. The van der Waals surface area contributed by atoms with Crippen molar-refractivity contribution in [3.63, 3.8) is 0 Å². The van der Waals surface area contributed by atoms with E-state index < -0.39 is 82.8 Å². The SMILES string of the molecule is CC([O][SnH]([O]C(C(F)(F)F)C(F)(F)F)[O]C(C(F)(F)F)C(F)(F)F)(C(F)(F)F)C(F)(F)F. The summed E-state index contributed by atoms with van der Waals surface area (Å²) in [5.74, 6) is 0. The van der Waals surface area contributed by atoms with Gasteiger partial charge >= 0.3 is 171 Å². The maximum atomic E-state index is 12.8. The van der Waals surface area contributed by atoms with Crippen molar-refractivity contribution in [2.75, 3.05) is 0 Å². The Labute approximate surface area is 171 Å². The number of hydrogen-bond donors (Lipinski definition) is 0. The van der Waals surface area contributed by atoms with Crippen LogP contribution in [0, 0.1) is 0 Å². The average Bonchev–Trinajstić information content (AvgIpc) is 2.41. The summed E-state index contributed by atoms with van der Waals surface area (Å²) in [6.07, 6.45) is -51.5. The first kappa shape index (κ1) is 31.4. The molecule has 0 saturated heterocycles. The minimum absolute atomic E-state index is 1.12. The van der Waals surface area contributed by atoms with E-state index in [-0.39, 0.29) is 0 Å². The first-order valence-electron chi connectivity index (χ1n) is 6.94. The van der Waals surface area contributed by atoms with Crippen LogP contribution in [0.5, 0.6) is 0 Å². The summed E-state index contributed by atoms with van der Waals surface area (Å²) < 4.78 is 235. The molecule has 0 spiro atoms. The second-order valence-electron chi connectivity index (χ2n) is 5.63. The Bertz CT molecular complexity index is 533. The van der Waals surface area contributed by atoms with E-state index in [1.165, 1.54) is 0 Å². The van der Waals surface area contributed by atoms with Crippen LogP contribution in [0.4, 0.5) is 79.0 Å². The van der Waals surface area contributed by atoms with Gasteiger partial charge in [-0.2, -0.15) is 0 Å². The van der Waals surface area contributed by atoms with E-state index in [9.17, 15) is 79.0 Å². The molecule has 0 atom stereocenters. The summed E-state index contributed by atoms with van der Waals surface area (Å²) in [6.45, 7) is -1.12. The number of alkyl halides is 18. The normalized spacial score (nSPS) is 15.9. The van der Waals surface area contributed by atoms with Crippen molar-refractivity contribution in [3.05, 3.63) is 0 Å². The van der Waals surface area contributed by atoms with Gasteiger partial charge in [0, 0.05) is 0 Å². The van der Waals surface area contributed by atoms with Crippen molar-refractivity contribution in [2.45, 2.75) is 61.8 Å². The zero-order valence-corrected chi connectivity index (χ0v) is 17.6. The molecule has 194 valence electrons. The minimum atomic E-state index is -7.82. The third-order valence-electron chi connectivity index (χ3n) is 3.10. The molecule has 32 heavy (non-hydrogen) atoms. The van der Waals surface area contributed by atoms with Crippen molar-refractivity contribution in [2.24, 2.45) is 0 Å². The summed E-state index contributed by atoms with van der Waals surface area (Å²) in [4.78, 5) is 0. The first-order valence-corrected chi connectivity index (χ1v) is 11.0. The van der Waals surface area contributed by atoms with Gasteiger partial charge < -0.3 is 0 Å². The molecule has 0 fully saturated rings. The van der Waals surface area contributed by atoms with Gasteiger partial charge in [0.1, 0.15) is 0 Å². The van der Waals surface area contributed by atoms with E-state index >= 15 is 0 Å². The molecule has 0 unspecified atom stereocenters. The van der Waals surface area contributed by atoms with Gasteiger partial charge in [-0.05, 0) is 0 Å². The Morgan fingerprint density at radius 2 is 0.688 bits per heavy atom.